The molecule has 0 bridgehead atoms. The number of fused-ring (bicyclic) bond motifs is 1. The first kappa shape index (κ1) is 24.8. The van der Waals surface area contributed by atoms with E-state index in [0.717, 1.165) is 5.69 Å². The van der Waals surface area contributed by atoms with Gasteiger partial charge < -0.3 is 25.1 Å². The van der Waals surface area contributed by atoms with Gasteiger partial charge in [0.25, 0.3) is 11.5 Å². The lowest BCUT2D eigenvalue weighted by atomic mass is 10.2. The lowest BCUT2D eigenvalue weighted by molar-refractivity contribution is -0.123. The number of hydrogen-bond donors (Lipinski definition) is 4. The van der Waals surface area contributed by atoms with Crippen molar-refractivity contribution in [3.05, 3.63) is 57.3 Å². The molecule has 3 heterocycles. The average Bonchev–Trinajstić information content (AvgIpc) is 3.54. The van der Waals surface area contributed by atoms with Crippen LogP contribution in [0.3, 0.4) is 0 Å². The van der Waals surface area contributed by atoms with Crippen LogP contribution in [0.25, 0.3) is 22.6 Å². The van der Waals surface area contributed by atoms with Crippen molar-refractivity contribution in [3.8, 4) is 22.9 Å². The number of aromatic nitrogens is 6. The highest BCUT2D eigenvalue weighted by atomic mass is 16.5. The number of aromatic amines is 2. The standard InChI is InChI=1S/C24H29N7O5/c1-3-9-30-22-20(23(34)31(10-4-2)24(30)35)28-21(29-22)17-6-5-16(11-18(17)32)36-13-19(33)26-8-7-15-12-25-14-27-15/h5-6,11-12,14,32H,3-4,7-10,13H2,1-2H3,(H,25,27)(H,26,33)(H,28,29). The number of nitrogens with zero attached hydrogens (tertiary/aromatic N) is 4. The van der Waals surface area contributed by atoms with Gasteiger partial charge in [0.05, 0.1) is 11.9 Å². The van der Waals surface area contributed by atoms with Crippen LogP contribution in [0.5, 0.6) is 11.5 Å². The number of imidazole rings is 2. The van der Waals surface area contributed by atoms with Crippen molar-refractivity contribution in [2.45, 2.75) is 46.2 Å². The number of aromatic hydroxyl groups is 1. The van der Waals surface area contributed by atoms with Crippen LogP contribution < -0.4 is 21.3 Å². The van der Waals surface area contributed by atoms with Gasteiger partial charge in [0.1, 0.15) is 22.8 Å². The first-order valence-electron chi connectivity index (χ1n) is 11.9. The molecule has 4 rings (SSSR count). The zero-order valence-corrected chi connectivity index (χ0v) is 20.2. The lowest BCUT2D eigenvalue weighted by Gasteiger charge is -2.09. The first-order valence-corrected chi connectivity index (χ1v) is 11.9. The van der Waals surface area contributed by atoms with Gasteiger partial charge in [0.2, 0.25) is 0 Å². The third-order valence-corrected chi connectivity index (χ3v) is 5.62. The maximum absolute atomic E-state index is 12.9. The monoisotopic (exact) mass is 495 g/mol. The van der Waals surface area contributed by atoms with Crippen LogP contribution in [-0.2, 0) is 24.3 Å². The van der Waals surface area contributed by atoms with Crippen molar-refractivity contribution in [1.82, 2.24) is 34.4 Å². The number of hydrogen-bond acceptors (Lipinski definition) is 7. The van der Waals surface area contributed by atoms with Crippen LogP contribution in [0.1, 0.15) is 32.4 Å². The Balaban J connectivity index is 1.51. The molecule has 0 aliphatic rings. The summed E-state index contributed by atoms with van der Waals surface area (Å²) in [6.45, 7) is 4.76. The van der Waals surface area contributed by atoms with E-state index in [1.54, 1.807) is 24.7 Å². The van der Waals surface area contributed by atoms with E-state index < -0.39 is 11.2 Å². The SMILES string of the molecule is CCCn1c(=O)c2[nH]c(-c3ccc(OCC(=O)NCCc4cnc[nH]4)cc3O)nc2n(CCC)c1=O. The molecule has 0 aliphatic carbocycles. The molecular weight excluding hydrogens is 466 g/mol. The Kier molecular flexibility index (Phi) is 7.52. The van der Waals surface area contributed by atoms with Gasteiger partial charge in [-0.3, -0.25) is 18.7 Å². The average molecular weight is 496 g/mol. The van der Waals surface area contributed by atoms with E-state index in [1.807, 2.05) is 13.8 Å². The molecule has 1 amide bonds. The van der Waals surface area contributed by atoms with Crippen LogP contribution in [0, 0.1) is 0 Å². The molecule has 4 N–H and O–H groups in total. The minimum Gasteiger partial charge on any atom is -0.507 e. The number of nitrogens with one attached hydrogen (secondary N) is 3. The molecule has 190 valence electrons. The molecule has 0 saturated heterocycles. The van der Waals surface area contributed by atoms with Crippen molar-refractivity contribution in [1.29, 1.82) is 0 Å². The second-order valence-corrected chi connectivity index (χ2v) is 8.32. The summed E-state index contributed by atoms with van der Waals surface area (Å²) in [5.74, 6) is 0.0996. The summed E-state index contributed by atoms with van der Waals surface area (Å²) in [6, 6.07) is 4.54. The molecule has 36 heavy (non-hydrogen) atoms. The van der Waals surface area contributed by atoms with Crippen molar-refractivity contribution >= 4 is 17.1 Å². The Morgan fingerprint density at radius 3 is 2.64 bits per heavy atom. The predicted octanol–water partition coefficient (Wildman–Crippen LogP) is 1.54. The summed E-state index contributed by atoms with van der Waals surface area (Å²) < 4.78 is 8.18. The number of carbonyl (C=O) groups excluding carboxylic acids is 1. The van der Waals surface area contributed by atoms with Crippen molar-refractivity contribution in [2.24, 2.45) is 0 Å². The topological polar surface area (TPSA) is 160 Å². The van der Waals surface area contributed by atoms with E-state index in [9.17, 15) is 19.5 Å². The normalized spacial score (nSPS) is 11.2. The molecule has 0 unspecified atom stereocenters. The van der Waals surface area contributed by atoms with E-state index in [4.69, 9.17) is 4.74 Å². The van der Waals surface area contributed by atoms with Gasteiger partial charge in [-0.05, 0) is 25.0 Å². The van der Waals surface area contributed by atoms with E-state index in [1.165, 1.54) is 15.2 Å². The summed E-state index contributed by atoms with van der Waals surface area (Å²) in [5.41, 5.74) is 0.863. The molecule has 12 heteroatoms. The smallest absolute Gasteiger partial charge is 0.332 e. The van der Waals surface area contributed by atoms with Crippen molar-refractivity contribution in [3.63, 3.8) is 0 Å². The van der Waals surface area contributed by atoms with Crippen LogP contribution in [0.15, 0.2) is 40.3 Å². The van der Waals surface area contributed by atoms with Crippen LogP contribution >= 0.6 is 0 Å². The fourth-order valence-electron chi connectivity index (χ4n) is 3.90. The van der Waals surface area contributed by atoms with Gasteiger partial charge in [-0.2, -0.15) is 0 Å². The molecule has 0 atom stereocenters. The highest BCUT2D eigenvalue weighted by Gasteiger charge is 2.19. The van der Waals surface area contributed by atoms with Gasteiger partial charge in [-0.25, -0.2) is 14.8 Å². The van der Waals surface area contributed by atoms with E-state index >= 15 is 0 Å². The number of H-pyrrole nitrogens is 2. The van der Waals surface area contributed by atoms with Crippen molar-refractivity contribution in [2.75, 3.05) is 13.2 Å². The lowest BCUT2D eigenvalue weighted by Crippen LogP contribution is -2.40. The Labute approximate surface area is 206 Å². The number of benzene rings is 1. The summed E-state index contributed by atoms with van der Waals surface area (Å²) in [5, 5.41) is 13.4. The molecule has 0 aliphatic heterocycles. The molecule has 0 radical (unpaired) electrons. The summed E-state index contributed by atoms with van der Waals surface area (Å²) in [7, 11) is 0. The zero-order chi connectivity index (χ0) is 25.7. The second-order valence-electron chi connectivity index (χ2n) is 8.32. The summed E-state index contributed by atoms with van der Waals surface area (Å²) in [6.07, 6.45) is 5.22. The van der Waals surface area contributed by atoms with Crippen molar-refractivity contribution < 1.29 is 14.6 Å². The predicted molar refractivity (Wildman–Crippen MR) is 133 cm³/mol. The molecule has 12 nitrogen and oxygen atoms in total. The van der Waals surface area contributed by atoms with Crippen LogP contribution in [-0.4, -0.2) is 53.2 Å². The number of phenols is 1. The number of amides is 1. The number of carbonyl (C=O) groups is 1. The van der Waals surface area contributed by atoms with Crippen LogP contribution in [0.4, 0.5) is 0 Å². The molecule has 0 fully saturated rings. The molecule has 0 saturated carbocycles. The number of ether oxygens (including phenoxy) is 1. The van der Waals surface area contributed by atoms with Gasteiger partial charge in [-0.1, -0.05) is 13.8 Å². The van der Waals surface area contributed by atoms with E-state index in [2.05, 4.69) is 25.3 Å². The number of rotatable bonds is 11. The number of phenolic OH excluding ortho intramolecular Hbond substituents is 1. The molecule has 3 aromatic heterocycles. The molecule has 0 spiro atoms. The molecule has 1 aromatic carbocycles. The molecule has 4 aromatic rings. The van der Waals surface area contributed by atoms with Gasteiger partial charge >= 0.3 is 5.69 Å². The maximum atomic E-state index is 12.9. The Morgan fingerprint density at radius 2 is 1.94 bits per heavy atom. The van der Waals surface area contributed by atoms with Gasteiger partial charge in [0, 0.05) is 44.0 Å². The number of aryl methyl sites for hydroxylation is 1. The van der Waals surface area contributed by atoms with E-state index in [0.29, 0.717) is 50.2 Å². The zero-order valence-electron chi connectivity index (χ0n) is 20.2. The van der Waals surface area contributed by atoms with Gasteiger partial charge in [0.15, 0.2) is 12.3 Å². The largest absolute Gasteiger partial charge is 0.507 e. The first-order chi connectivity index (χ1) is 17.4. The Bertz CT molecular complexity index is 1470. The fraction of sp³-hybridized carbons (Fsp3) is 0.375. The van der Waals surface area contributed by atoms with E-state index in [-0.39, 0.29) is 35.3 Å². The van der Waals surface area contributed by atoms with Gasteiger partial charge in [-0.15, -0.1) is 0 Å². The second kappa shape index (κ2) is 10.9. The minimum absolute atomic E-state index is 0.149. The Morgan fingerprint density at radius 1 is 1.17 bits per heavy atom. The maximum Gasteiger partial charge on any atom is 0.332 e. The summed E-state index contributed by atoms with van der Waals surface area (Å²) >= 11 is 0. The fourth-order valence-corrected chi connectivity index (χ4v) is 3.90. The quantitative estimate of drug-likeness (QED) is 0.245. The minimum atomic E-state index is -0.444. The third kappa shape index (κ3) is 5.16. The molecular formula is C24H29N7O5. The third-order valence-electron chi connectivity index (χ3n) is 5.62. The Hall–Kier alpha value is -4.35. The summed E-state index contributed by atoms with van der Waals surface area (Å²) in [4.78, 5) is 52.1. The van der Waals surface area contributed by atoms with Crippen LogP contribution in [0.2, 0.25) is 0 Å². The highest BCUT2D eigenvalue weighted by Crippen LogP contribution is 2.31. The highest BCUT2D eigenvalue weighted by molar-refractivity contribution is 5.78.